The van der Waals surface area contributed by atoms with Crippen molar-refractivity contribution in [1.29, 1.82) is 0 Å². The molecule has 1 amide bonds. The number of hydrogen-bond acceptors (Lipinski definition) is 7. The number of H-pyrrole nitrogens is 1. The number of para-hydroxylation sites is 1. The third-order valence-electron chi connectivity index (χ3n) is 4.94. The Balaban J connectivity index is 1.22. The van der Waals surface area contributed by atoms with Gasteiger partial charge in [0.15, 0.2) is 0 Å². The van der Waals surface area contributed by atoms with Crippen molar-refractivity contribution in [2.45, 2.75) is 12.2 Å². The highest BCUT2D eigenvalue weighted by Gasteiger charge is 2.14. The number of hydrogen-bond donors (Lipinski definition) is 2. The van der Waals surface area contributed by atoms with Crippen molar-refractivity contribution in [3.63, 3.8) is 0 Å². The van der Waals surface area contributed by atoms with Crippen LogP contribution in [0, 0.1) is 0 Å². The van der Waals surface area contributed by atoms with Gasteiger partial charge >= 0.3 is 0 Å². The summed E-state index contributed by atoms with van der Waals surface area (Å²) in [5.74, 6) is 1.42. The van der Waals surface area contributed by atoms with Gasteiger partial charge in [0.1, 0.15) is 10.7 Å². The second-order valence-corrected chi connectivity index (χ2v) is 10.1. The lowest BCUT2D eigenvalue weighted by molar-refractivity contribution is -0.118. The van der Waals surface area contributed by atoms with Gasteiger partial charge in [-0.1, -0.05) is 24.3 Å². The van der Waals surface area contributed by atoms with E-state index in [4.69, 9.17) is 0 Å². The normalized spacial score (nSPS) is 11.0. The summed E-state index contributed by atoms with van der Waals surface area (Å²) in [6.07, 6.45) is 0.873. The van der Waals surface area contributed by atoms with Crippen LogP contribution in [-0.4, -0.2) is 41.8 Å². The fourth-order valence-corrected chi connectivity index (χ4v) is 5.82. The molecule has 9 heteroatoms. The standard InChI is InChI=1S/C23H24N4O2S3/c1-27(16-7-3-2-4-8-16)11-6-10-24-20(28)15-30-14-19-25-22(29)21-17(13-32-23(21)26-19)18-9-5-12-31-18/h2-5,7-9,12-13H,6,10-11,14-15H2,1H3,(H,24,28)(H,25,26,29). The minimum Gasteiger partial charge on any atom is -0.375 e. The molecule has 0 atom stereocenters. The molecular formula is C23H24N4O2S3. The number of nitrogens with zero attached hydrogens (tertiary/aromatic N) is 2. The van der Waals surface area contributed by atoms with Crippen LogP contribution in [0.15, 0.2) is 58.0 Å². The number of amides is 1. The maximum Gasteiger partial charge on any atom is 0.260 e. The Bertz CT molecular complexity index is 1220. The number of aromatic nitrogens is 2. The van der Waals surface area contributed by atoms with E-state index >= 15 is 0 Å². The van der Waals surface area contributed by atoms with Gasteiger partial charge in [-0.3, -0.25) is 9.59 Å². The Kier molecular flexibility index (Phi) is 7.62. The zero-order chi connectivity index (χ0) is 22.3. The molecule has 4 rings (SSSR count). The second-order valence-electron chi connectivity index (χ2n) is 7.27. The van der Waals surface area contributed by atoms with Crippen molar-refractivity contribution in [2.24, 2.45) is 0 Å². The van der Waals surface area contributed by atoms with Crippen LogP contribution < -0.4 is 15.8 Å². The molecule has 6 nitrogen and oxygen atoms in total. The minimum atomic E-state index is -0.123. The van der Waals surface area contributed by atoms with E-state index in [9.17, 15) is 9.59 Å². The highest BCUT2D eigenvalue weighted by atomic mass is 32.2. The summed E-state index contributed by atoms with van der Waals surface area (Å²) in [4.78, 5) is 36.2. The molecule has 0 aliphatic carbocycles. The van der Waals surface area contributed by atoms with Crippen molar-refractivity contribution in [3.8, 4) is 10.4 Å². The molecule has 0 spiro atoms. The molecule has 3 aromatic heterocycles. The Hall–Kier alpha value is -2.62. The maximum atomic E-state index is 12.6. The van der Waals surface area contributed by atoms with E-state index in [0.29, 0.717) is 29.3 Å². The van der Waals surface area contributed by atoms with E-state index in [2.05, 4.69) is 39.4 Å². The molecule has 0 aliphatic heterocycles. The average Bonchev–Trinajstić information content (AvgIpc) is 3.47. The van der Waals surface area contributed by atoms with Gasteiger partial charge in [0.05, 0.1) is 16.9 Å². The van der Waals surface area contributed by atoms with Crippen LogP contribution in [0.25, 0.3) is 20.7 Å². The van der Waals surface area contributed by atoms with Crippen LogP contribution in [0.3, 0.4) is 0 Å². The number of aromatic amines is 1. The van der Waals surface area contributed by atoms with Gasteiger partial charge in [-0.05, 0) is 30.0 Å². The molecule has 32 heavy (non-hydrogen) atoms. The lowest BCUT2D eigenvalue weighted by atomic mass is 10.2. The average molecular weight is 485 g/mol. The second kappa shape index (κ2) is 10.8. The molecule has 0 unspecified atom stereocenters. The number of carbonyl (C=O) groups is 1. The summed E-state index contributed by atoms with van der Waals surface area (Å²) < 4.78 is 0. The van der Waals surface area contributed by atoms with Crippen LogP contribution in [0.2, 0.25) is 0 Å². The van der Waals surface area contributed by atoms with Crippen LogP contribution in [0.4, 0.5) is 5.69 Å². The van der Waals surface area contributed by atoms with Crippen molar-refractivity contribution in [2.75, 3.05) is 30.8 Å². The van der Waals surface area contributed by atoms with Crippen LogP contribution >= 0.6 is 34.4 Å². The van der Waals surface area contributed by atoms with Crippen LogP contribution in [-0.2, 0) is 10.5 Å². The number of thioether (sulfide) groups is 1. The first kappa shape index (κ1) is 22.6. The molecule has 0 aliphatic rings. The minimum absolute atomic E-state index is 0.00288. The molecule has 1 aromatic carbocycles. The lowest BCUT2D eigenvalue weighted by Gasteiger charge is -2.19. The SMILES string of the molecule is CN(CCCNC(=O)CSCc1nc2scc(-c3cccs3)c2c(=O)[nH]1)c1ccccc1. The number of benzene rings is 1. The first-order valence-electron chi connectivity index (χ1n) is 10.3. The predicted octanol–water partition coefficient (Wildman–Crippen LogP) is 4.59. The van der Waals surface area contributed by atoms with Crippen molar-refractivity contribution < 1.29 is 4.79 Å². The van der Waals surface area contributed by atoms with Crippen molar-refractivity contribution >= 4 is 56.2 Å². The van der Waals surface area contributed by atoms with Crippen molar-refractivity contribution in [3.05, 3.63) is 69.4 Å². The molecule has 0 saturated carbocycles. The summed E-state index contributed by atoms with van der Waals surface area (Å²) in [7, 11) is 2.05. The topological polar surface area (TPSA) is 78.1 Å². The number of thiophene rings is 2. The van der Waals surface area contributed by atoms with E-state index in [1.54, 1.807) is 11.3 Å². The number of rotatable bonds is 10. The smallest absolute Gasteiger partial charge is 0.260 e. The molecule has 2 N–H and O–H groups in total. The fraction of sp³-hybridized carbons (Fsp3) is 0.261. The lowest BCUT2D eigenvalue weighted by Crippen LogP contribution is -2.29. The summed E-state index contributed by atoms with van der Waals surface area (Å²) in [6.45, 7) is 1.51. The van der Waals surface area contributed by atoms with E-state index in [0.717, 1.165) is 28.2 Å². The number of anilines is 1. The highest BCUT2D eigenvalue weighted by molar-refractivity contribution is 7.99. The Morgan fingerprint density at radius 3 is 2.81 bits per heavy atom. The van der Waals surface area contributed by atoms with Crippen LogP contribution in [0.5, 0.6) is 0 Å². The number of nitrogens with one attached hydrogen (secondary N) is 2. The van der Waals surface area contributed by atoms with Crippen LogP contribution in [0.1, 0.15) is 12.2 Å². The predicted molar refractivity (Wildman–Crippen MR) is 137 cm³/mol. The zero-order valence-electron chi connectivity index (χ0n) is 17.7. The van der Waals surface area contributed by atoms with Gasteiger partial charge in [-0.2, -0.15) is 0 Å². The molecule has 0 bridgehead atoms. The molecule has 0 radical (unpaired) electrons. The third-order valence-corrected chi connectivity index (χ3v) is 7.66. The maximum absolute atomic E-state index is 12.6. The zero-order valence-corrected chi connectivity index (χ0v) is 20.1. The Labute approximate surface area is 198 Å². The molecule has 0 fully saturated rings. The molecule has 166 valence electrons. The molecule has 4 aromatic rings. The molecule has 0 saturated heterocycles. The summed E-state index contributed by atoms with van der Waals surface area (Å²) in [5.41, 5.74) is 1.98. The monoisotopic (exact) mass is 484 g/mol. The fourth-order valence-electron chi connectivity index (χ4n) is 3.32. The summed E-state index contributed by atoms with van der Waals surface area (Å²) in [6, 6.07) is 14.2. The van der Waals surface area contributed by atoms with Gasteiger partial charge in [0, 0.05) is 41.6 Å². The third kappa shape index (κ3) is 5.59. The van der Waals surface area contributed by atoms with Gasteiger partial charge in [-0.25, -0.2) is 4.98 Å². The largest absolute Gasteiger partial charge is 0.375 e. The van der Waals surface area contributed by atoms with Gasteiger partial charge in [-0.15, -0.1) is 34.4 Å². The van der Waals surface area contributed by atoms with E-state index in [-0.39, 0.29) is 11.5 Å². The van der Waals surface area contributed by atoms with E-state index in [1.165, 1.54) is 28.8 Å². The number of fused-ring (bicyclic) bond motifs is 1. The first-order valence-corrected chi connectivity index (χ1v) is 13.2. The van der Waals surface area contributed by atoms with Gasteiger partial charge < -0.3 is 15.2 Å². The first-order chi connectivity index (χ1) is 15.6. The highest BCUT2D eigenvalue weighted by Crippen LogP contribution is 2.33. The Morgan fingerprint density at radius 2 is 2.03 bits per heavy atom. The molecular weight excluding hydrogens is 460 g/mol. The van der Waals surface area contributed by atoms with E-state index in [1.807, 2.05) is 41.1 Å². The summed E-state index contributed by atoms with van der Waals surface area (Å²) >= 11 is 4.54. The molecule has 3 heterocycles. The van der Waals surface area contributed by atoms with Crippen molar-refractivity contribution in [1.82, 2.24) is 15.3 Å². The summed E-state index contributed by atoms with van der Waals surface area (Å²) in [5, 5.41) is 7.59. The van der Waals surface area contributed by atoms with Gasteiger partial charge in [0.25, 0.3) is 5.56 Å². The quantitative estimate of drug-likeness (QED) is 0.322. The van der Waals surface area contributed by atoms with E-state index < -0.39 is 0 Å². The van der Waals surface area contributed by atoms with Gasteiger partial charge in [0.2, 0.25) is 5.91 Å². The Morgan fingerprint density at radius 1 is 1.19 bits per heavy atom. The number of carbonyl (C=O) groups excluding carboxylic acids is 1.